The van der Waals surface area contributed by atoms with Crippen molar-refractivity contribution in [3.05, 3.63) is 24.0 Å². The molecule has 0 aromatic rings. The van der Waals surface area contributed by atoms with Gasteiger partial charge < -0.3 is 34.4 Å². The van der Waals surface area contributed by atoms with Crippen molar-refractivity contribution in [1.29, 1.82) is 0 Å². The summed E-state index contributed by atoms with van der Waals surface area (Å²) in [5, 5.41) is 27.0. The highest BCUT2D eigenvalue weighted by Gasteiger charge is 2.47. The molecular weight excluding hydrogens is 390 g/mol. The van der Waals surface area contributed by atoms with Gasteiger partial charge in [0.05, 0.1) is 12.0 Å². The lowest BCUT2D eigenvalue weighted by Crippen LogP contribution is -2.40. The first kappa shape index (κ1) is 22.4. The van der Waals surface area contributed by atoms with Gasteiger partial charge in [-0.3, -0.25) is 9.59 Å². The molecule has 1 fully saturated rings. The van der Waals surface area contributed by atoms with Crippen LogP contribution in [0.4, 0.5) is 0 Å². The van der Waals surface area contributed by atoms with Gasteiger partial charge >= 0.3 is 23.9 Å². The number of carbonyl (C=O) groups is 4. The number of carboxylic acid groups (broad SMARTS) is 2. The maximum Gasteiger partial charge on any atom is 0.333 e. The SMILES string of the molecule is CC(=O)O[C@@H]1[C@H](C)[C@@H](COC(=O)C[C@H](O)C(=O)O)O[C@H]1N1C=CCC(C(=O)O)=C1. The largest absolute Gasteiger partial charge is 0.479 e. The molecule has 0 aromatic carbocycles. The molecule has 1 saturated heterocycles. The fourth-order valence-corrected chi connectivity index (χ4v) is 3.00. The lowest BCUT2D eigenvalue weighted by atomic mass is 10.00. The molecule has 0 amide bonds. The van der Waals surface area contributed by atoms with E-state index in [0.717, 1.165) is 0 Å². The van der Waals surface area contributed by atoms with Crippen LogP contribution < -0.4 is 0 Å². The van der Waals surface area contributed by atoms with Crippen LogP contribution in [0.3, 0.4) is 0 Å². The highest BCUT2D eigenvalue weighted by atomic mass is 16.6. The second-order valence-corrected chi connectivity index (χ2v) is 6.74. The Morgan fingerprint density at radius 3 is 2.59 bits per heavy atom. The lowest BCUT2D eigenvalue weighted by molar-refractivity contribution is -0.159. The lowest BCUT2D eigenvalue weighted by Gasteiger charge is -2.30. The van der Waals surface area contributed by atoms with Crippen molar-refractivity contribution in [3.63, 3.8) is 0 Å². The summed E-state index contributed by atoms with van der Waals surface area (Å²) < 4.78 is 16.2. The number of ether oxygens (including phenoxy) is 3. The van der Waals surface area contributed by atoms with Crippen LogP contribution in [0.5, 0.6) is 0 Å². The number of esters is 2. The molecule has 160 valence electrons. The van der Waals surface area contributed by atoms with Crippen LogP contribution in [0.15, 0.2) is 24.0 Å². The normalized spacial score (nSPS) is 27.1. The average molecular weight is 413 g/mol. The third kappa shape index (κ3) is 5.78. The molecule has 2 heterocycles. The average Bonchev–Trinajstić information content (AvgIpc) is 2.95. The molecule has 0 unspecified atom stereocenters. The van der Waals surface area contributed by atoms with E-state index in [1.54, 1.807) is 19.2 Å². The molecule has 11 heteroatoms. The highest BCUT2D eigenvalue weighted by Crippen LogP contribution is 2.33. The Kier molecular flexibility index (Phi) is 7.35. The number of aliphatic carboxylic acids is 2. The first-order valence-electron chi connectivity index (χ1n) is 8.87. The Labute approximate surface area is 166 Å². The predicted octanol–water partition coefficient (Wildman–Crippen LogP) is -0.154. The predicted molar refractivity (Wildman–Crippen MR) is 93.9 cm³/mol. The minimum absolute atomic E-state index is 0.128. The monoisotopic (exact) mass is 413 g/mol. The number of nitrogens with zero attached hydrogens (tertiary/aromatic N) is 1. The summed E-state index contributed by atoms with van der Waals surface area (Å²) in [5.74, 6) is -4.52. The van der Waals surface area contributed by atoms with E-state index in [0.29, 0.717) is 0 Å². The van der Waals surface area contributed by atoms with Crippen LogP contribution >= 0.6 is 0 Å². The minimum atomic E-state index is -1.87. The number of rotatable bonds is 8. The first-order valence-corrected chi connectivity index (χ1v) is 8.87. The van der Waals surface area contributed by atoms with Gasteiger partial charge in [0.1, 0.15) is 12.7 Å². The van der Waals surface area contributed by atoms with Crippen molar-refractivity contribution < 1.29 is 48.7 Å². The summed E-state index contributed by atoms with van der Waals surface area (Å²) >= 11 is 0. The number of hydrogen-bond donors (Lipinski definition) is 3. The molecule has 3 N–H and O–H groups in total. The van der Waals surface area contributed by atoms with Crippen LogP contribution in [0.1, 0.15) is 26.7 Å². The molecule has 0 aromatic heterocycles. The molecule has 0 radical (unpaired) electrons. The summed E-state index contributed by atoms with van der Waals surface area (Å²) in [7, 11) is 0. The number of hydrogen-bond acceptors (Lipinski definition) is 9. The van der Waals surface area contributed by atoms with Gasteiger partial charge in [0.25, 0.3) is 0 Å². The number of aliphatic hydroxyl groups is 1. The van der Waals surface area contributed by atoms with E-state index in [1.807, 2.05) is 0 Å². The van der Waals surface area contributed by atoms with Gasteiger partial charge in [-0.25, -0.2) is 9.59 Å². The van der Waals surface area contributed by atoms with Gasteiger partial charge in [0.2, 0.25) is 0 Å². The third-order valence-electron chi connectivity index (χ3n) is 4.54. The number of carbonyl (C=O) groups excluding carboxylic acids is 2. The van der Waals surface area contributed by atoms with Crippen molar-refractivity contribution in [2.24, 2.45) is 5.92 Å². The molecule has 5 atom stereocenters. The number of allylic oxidation sites excluding steroid dienone is 1. The molecule has 2 aliphatic rings. The first-order chi connectivity index (χ1) is 13.6. The van der Waals surface area contributed by atoms with Crippen molar-refractivity contribution in [2.45, 2.75) is 51.2 Å². The summed E-state index contributed by atoms with van der Waals surface area (Å²) in [6.45, 7) is 2.69. The van der Waals surface area contributed by atoms with E-state index in [2.05, 4.69) is 0 Å². The van der Waals surface area contributed by atoms with Crippen LogP contribution in [-0.2, 0) is 33.4 Å². The van der Waals surface area contributed by atoms with Crippen LogP contribution in [0.2, 0.25) is 0 Å². The Morgan fingerprint density at radius 1 is 1.31 bits per heavy atom. The number of carboxylic acids is 2. The van der Waals surface area contributed by atoms with Gasteiger partial charge in [-0.2, -0.15) is 0 Å². The van der Waals surface area contributed by atoms with Gasteiger partial charge in [-0.1, -0.05) is 13.0 Å². The topological polar surface area (TPSA) is 160 Å². The van der Waals surface area contributed by atoms with Gasteiger partial charge in [0.15, 0.2) is 18.4 Å². The molecule has 29 heavy (non-hydrogen) atoms. The Balaban J connectivity index is 2.08. The fraction of sp³-hybridized carbons (Fsp3) is 0.556. The Hall–Kier alpha value is -2.92. The van der Waals surface area contributed by atoms with Crippen molar-refractivity contribution in [3.8, 4) is 0 Å². The summed E-state index contributed by atoms with van der Waals surface area (Å²) in [6, 6.07) is 0. The van der Waals surface area contributed by atoms with E-state index in [9.17, 15) is 29.4 Å². The summed E-state index contributed by atoms with van der Waals surface area (Å²) in [6.07, 6.45) is -0.0416. The summed E-state index contributed by atoms with van der Waals surface area (Å²) in [5.41, 5.74) is 0.128. The second-order valence-electron chi connectivity index (χ2n) is 6.74. The summed E-state index contributed by atoms with van der Waals surface area (Å²) in [4.78, 5) is 46.5. The molecular formula is C18H23NO10. The smallest absolute Gasteiger partial charge is 0.333 e. The molecule has 11 nitrogen and oxygen atoms in total. The quantitative estimate of drug-likeness (QED) is 0.454. The zero-order chi connectivity index (χ0) is 21.7. The molecule has 2 rings (SSSR count). The Bertz CT molecular complexity index is 730. The van der Waals surface area contributed by atoms with E-state index >= 15 is 0 Å². The van der Waals surface area contributed by atoms with Gasteiger partial charge in [-0.15, -0.1) is 0 Å². The van der Waals surface area contributed by atoms with Crippen LogP contribution in [0.25, 0.3) is 0 Å². The van der Waals surface area contributed by atoms with E-state index in [1.165, 1.54) is 18.0 Å². The molecule has 0 spiro atoms. The van der Waals surface area contributed by atoms with E-state index in [-0.39, 0.29) is 18.6 Å². The molecule has 0 saturated carbocycles. The third-order valence-corrected chi connectivity index (χ3v) is 4.54. The number of aliphatic hydroxyl groups excluding tert-OH is 1. The van der Waals surface area contributed by atoms with Crippen LogP contribution in [0, 0.1) is 5.92 Å². The zero-order valence-electron chi connectivity index (χ0n) is 15.9. The standard InChI is InChI=1S/C18H23NO10/c1-9-13(8-27-14(22)6-12(21)18(25)26)29-16(15(9)28-10(2)20)19-5-3-4-11(7-19)17(23)24/h3,5,7,9,12-13,15-16,21H,4,6,8H2,1-2H3,(H,23,24)(H,25,26)/t9-,12+,13-,15-,16-/m1/s1. The maximum absolute atomic E-state index is 11.7. The van der Waals surface area contributed by atoms with Crippen molar-refractivity contribution in [1.82, 2.24) is 4.90 Å². The van der Waals surface area contributed by atoms with E-state index in [4.69, 9.17) is 19.3 Å². The zero-order valence-corrected chi connectivity index (χ0v) is 15.9. The highest BCUT2D eigenvalue weighted by molar-refractivity contribution is 5.87. The molecule has 0 bridgehead atoms. The fourth-order valence-electron chi connectivity index (χ4n) is 3.00. The van der Waals surface area contributed by atoms with E-state index < -0.39 is 60.8 Å². The maximum atomic E-state index is 11.7. The molecule has 0 aliphatic carbocycles. The van der Waals surface area contributed by atoms with Crippen LogP contribution in [-0.4, -0.2) is 75.2 Å². The van der Waals surface area contributed by atoms with Crippen molar-refractivity contribution in [2.75, 3.05) is 6.61 Å². The van der Waals surface area contributed by atoms with Gasteiger partial charge in [-0.05, 0) is 0 Å². The second kappa shape index (κ2) is 9.52. The molecule has 2 aliphatic heterocycles. The minimum Gasteiger partial charge on any atom is -0.479 e. The van der Waals surface area contributed by atoms with Gasteiger partial charge in [0, 0.05) is 31.7 Å². The van der Waals surface area contributed by atoms with Crippen molar-refractivity contribution >= 4 is 23.9 Å². The Morgan fingerprint density at radius 2 is 2.00 bits per heavy atom.